The minimum atomic E-state index is 0.161. The number of pyridine rings is 1. The maximum atomic E-state index is 10.4. The largest absolute Gasteiger partial charge is 0.510 e. The highest BCUT2D eigenvalue weighted by atomic mass is 16.3. The number of nitrogens with zero attached hydrogens (tertiary/aromatic N) is 3. The van der Waals surface area contributed by atoms with Crippen LogP contribution in [0.3, 0.4) is 0 Å². The highest BCUT2D eigenvalue weighted by Crippen LogP contribution is 2.28. The lowest BCUT2D eigenvalue weighted by atomic mass is 10.1. The van der Waals surface area contributed by atoms with Gasteiger partial charge in [-0.1, -0.05) is 6.07 Å². The Bertz CT molecular complexity index is 964. The normalized spacial score (nSPS) is 14.8. The van der Waals surface area contributed by atoms with Crippen LogP contribution in [0.4, 0.5) is 0 Å². The number of hydrogen-bond acceptors (Lipinski definition) is 4. The smallest absolute Gasteiger partial charge is 0.145 e. The zero-order chi connectivity index (χ0) is 17.6. The molecule has 3 N–H and O–H groups in total. The summed E-state index contributed by atoms with van der Waals surface area (Å²) in [6.45, 7) is 4.87. The van der Waals surface area contributed by atoms with Gasteiger partial charge in [0.05, 0.1) is 35.4 Å². The summed E-state index contributed by atoms with van der Waals surface area (Å²) in [4.78, 5) is 13.9. The monoisotopic (exact) mass is 333 g/mol. The van der Waals surface area contributed by atoms with Crippen molar-refractivity contribution in [3.8, 4) is 0 Å². The van der Waals surface area contributed by atoms with Crippen molar-refractivity contribution < 1.29 is 5.11 Å². The Kier molecular flexibility index (Phi) is 3.53. The van der Waals surface area contributed by atoms with Crippen LogP contribution in [0.25, 0.3) is 16.6 Å². The lowest BCUT2D eigenvalue weighted by molar-refractivity contribution is 0.345. The zero-order valence-corrected chi connectivity index (χ0v) is 14.2. The number of fused-ring (bicyclic) bond motifs is 1. The third-order valence-corrected chi connectivity index (χ3v) is 4.60. The summed E-state index contributed by atoms with van der Waals surface area (Å²) in [7, 11) is 0. The Hall–Kier alpha value is -3.15. The molecule has 0 saturated heterocycles. The molecule has 0 fully saturated rings. The molecule has 0 saturated carbocycles. The molecule has 25 heavy (non-hydrogen) atoms. The van der Waals surface area contributed by atoms with E-state index in [1.807, 2.05) is 37.3 Å². The van der Waals surface area contributed by atoms with E-state index in [1.165, 1.54) is 11.1 Å². The summed E-state index contributed by atoms with van der Waals surface area (Å²) >= 11 is 0. The standard InChI is InChI=1S/C19H19N5O/c1-11-7-14-15(8-12(11)2)23-19(22-14)17-16(25)10-24(18(17)20)9-13-5-3-4-6-21-13/h3-8,20,25H,9-10H2,1-2H3,(H,22,23). The predicted octanol–water partition coefficient (Wildman–Crippen LogP) is 3.34. The van der Waals surface area contributed by atoms with Gasteiger partial charge in [-0.15, -0.1) is 0 Å². The molecule has 3 aromatic rings. The van der Waals surface area contributed by atoms with Crippen LogP contribution in [0.5, 0.6) is 0 Å². The summed E-state index contributed by atoms with van der Waals surface area (Å²) in [6, 6.07) is 9.75. The number of aromatic nitrogens is 3. The van der Waals surface area contributed by atoms with Gasteiger partial charge >= 0.3 is 0 Å². The molecule has 126 valence electrons. The van der Waals surface area contributed by atoms with Crippen LogP contribution < -0.4 is 0 Å². The van der Waals surface area contributed by atoms with Gasteiger partial charge in [-0.2, -0.15) is 0 Å². The summed E-state index contributed by atoms with van der Waals surface area (Å²) in [6.07, 6.45) is 1.73. The third kappa shape index (κ3) is 2.65. The number of amidine groups is 1. The number of aryl methyl sites for hydroxylation is 2. The summed E-state index contributed by atoms with van der Waals surface area (Å²) in [5, 5.41) is 18.9. The van der Waals surface area contributed by atoms with Crippen LogP contribution in [0, 0.1) is 19.3 Å². The van der Waals surface area contributed by atoms with Crippen molar-refractivity contribution in [3.63, 3.8) is 0 Å². The molecule has 3 heterocycles. The van der Waals surface area contributed by atoms with Crippen molar-refractivity contribution in [1.29, 1.82) is 5.41 Å². The Balaban J connectivity index is 1.66. The van der Waals surface area contributed by atoms with Crippen molar-refractivity contribution in [1.82, 2.24) is 19.9 Å². The Morgan fingerprint density at radius 2 is 2.04 bits per heavy atom. The molecule has 6 nitrogen and oxygen atoms in total. The summed E-state index contributed by atoms with van der Waals surface area (Å²) < 4.78 is 0. The van der Waals surface area contributed by atoms with Gasteiger partial charge in [-0.3, -0.25) is 10.4 Å². The molecule has 0 bridgehead atoms. The molecule has 1 aromatic carbocycles. The van der Waals surface area contributed by atoms with Crippen molar-refractivity contribution in [2.45, 2.75) is 20.4 Å². The molecule has 6 heteroatoms. The number of nitrogens with one attached hydrogen (secondary N) is 2. The number of hydrogen-bond donors (Lipinski definition) is 3. The Morgan fingerprint density at radius 3 is 2.80 bits per heavy atom. The third-order valence-electron chi connectivity index (χ3n) is 4.60. The van der Waals surface area contributed by atoms with Crippen molar-refractivity contribution >= 4 is 22.4 Å². The van der Waals surface area contributed by atoms with Crippen molar-refractivity contribution in [2.24, 2.45) is 0 Å². The average Bonchev–Trinajstić information content (AvgIpc) is 3.09. The van der Waals surface area contributed by atoms with E-state index in [0.717, 1.165) is 16.7 Å². The fourth-order valence-electron chi connectivity index (χ4n) is 3.09. The molecule has 0 unspecified atom stereocenters. The van der Waals surface area contributed by atoms with Gasteiger partial charge in [0.1, 0.15) is 17.4 Å². The predicted molar refractivity (Wildman–Crippen MR) is 97.5 cm³/mol. The first kappa shape index (κ1) is 15.4. The molecule has 0 amide bonds. The number of rotatable bonds is 3. The first-order chi connectivity index (χ1) is 12.0. The second kappa shape index (κ2) is 5.73. The minimum absolute atomic E-state index is 0.161. The van der Waals surface area contributed by atoms with Gasteiger partial charge in [0, 0.05) is 6.20 Å². The van der Waals surface area contributed by atoms with Crippen LogP contribution in [0.1, 0.15) is 22.6 Å². The second-order valence-corrected chi connectivity index (χ2v) is 6.39. The fraction of sp³-hybridized carbons (Fsp3) is 0.211. The van der Waals surface area contributed by atoms with E-state index in [1.54, 1.807) is 11.1 Å². The van der Waals surface area contributed by atoms with Gasteiger partial charge in [-0.05, 0) is 49.2 Å². The molecule has 1 aliphatic heterocycles. The fourth-order valence-corrected chi connectivity index (χ4v) is 3.09. The number of aromatic amines is 1. The van der Waals surface area contributed by atoms with Crippen LogP contribution in [0.2, 0.25) is 0 Å². The molecule has 0 aliphatic carbocycles. The molecule has 0 radical (unpaired) electrons. The van der Waals surface area contributed by atoms with E-state index in [0.29, 0.717) is 24.5 Å². The number of H-pyrrole nitrogens is 1. The van der Waals surface area contributed by atoms with Crippen molar-refractivity contribution in [2.75, 3.05) is 6.54 Å². The molecule has 0 atom stereocenters. The Labute approximate surface area is 145 Å². The van der Waals surface area contributed by atoms with Crippen LogP contribution in [-0.2, 0) is 6.54 Å². The van der Waals surface area contributed by atoms with E-state index in [2.05, 4.69) is 21.9 Å². The molecule has 4 rings (SSSR count). The van der Waals surface area contributed by atoms with Crippen molar-refractivity contribution in [3.05, 3.63) is 64.9 Å². The number of aliphatic hydroxyl groups excluding tert-OH is 1. The topological polar surface area (TPSA) is 88.9 Å². The zero-order valence-electron chi connectivity index (χ0n) is 14.2. The molecule has 0 spiro atoms. The average molecular weight is 333 g/mol. The molecular formula is C19H19N5O. The maximum Gasteiger partial charge on any atom is 0.145 e. The van der Waals surface area contributed by atoms with Crippen LogP contribution >= 0.6 is 0 Å². The van der Waals surface area contributed by atoms with E-state index in [4.69, 9.17) is 5.41 Å². The summed E-state index contributed by atoms with van der Waals surface area (Å²) in [5.41, 5.74) is 5.42. The van der Waals surface area contributed by atoms with Gasteiger partial charge < -0.3 is 15.0 Å². The lowest BCUT2D eigenvalue weighted by Gasteiger charge is -2.17. The highest BCUT2D eigenvalue weighted by molar-refractivity contribution is 6.23. The lowest BCUT2D eigenvalue weighted by Crippen LogP contribution is -2.26. The first-order valence-electron chi connectivity index (χ1n) is 8.16. The maximum absolute atomic E-state index is 10.4. The quantitative estimate of drug-likeness (QED) is 0.686. The van der Waals surface area contributed by atoms with E-state index >= 15 is 0 Å². The molecule has 1 aliphatic rings. The summed E-state index contributed by atoms with van der Waals surface area (Å²) in [5.74, 6) is 0.954. The van der Waals surface area contributed by atoms with E-state index in [-0.39, 0.29) is 11.6 Å². The van der Waals surface area contributed by atoms with Gasteiger partial charge in [0.2, 0.25) is 0 Å². The van der Waals surface area contributed by atoms with Gasteiger partial charge in [-0.25, -0.2) is 4.98 Å². The SMILES string of the molecule is Cc1cc2nc(C3=C(O)CN(Cc4ccccn4)C3=N)[nH]c2cc1C. The second-order valence-electron chi connectivity index (χ2n) is 6.39. The minimum Gasteiger partial charge on any atom is -0.510 e. The highest BCUT2D eigenvalue weighted by Gasteiger charge is 2.30. The molecular weight excluding hydrogens is 314 g/mol. The first-order valence-corrected chi connectivity index (χ1v) is 8.16. The Morgan fingerprint density at radius 1 is 1.24 bits per heavy atom. The molecule has 2 aromatic heterocycles. The number of aliphatic hydroxyl groups is 1. The van der Waals surface area contributed by atoms with E-state index in [9.17, 15) is 5.11 Å². The van der Waals surface area contributed by atoms with Crippen LogP contribution in [-0.4, -0.2) is 37.3 Å². The van der Waals surface area contributed by atoms with Gasteiger partial charge in [0.25, 0.3) is 0 Å². The van der Waals surface area contributed by atoms with Crippen LogP contribution in [0.15, 0.2) is 42.3 Å². The van der Waals surface area contributed by atoms with Gasteiger partial charge in [0.15, 0.2) is 0 Å². The number of benzene rings is 1. The van der Waals surface area contributed by atoms with E-state index < -0.39 is 0 Å². The number of imidazole rings is 1.